The molecule has 0 amide bonds. The van der Waals surface area contributed by atoms with Crippen LogP contribution in [0.25, 0.3) is 0 Å². The lowest BCUT2D eigenvalue weighted by Crippen LogP contribution is -2.29. The highest BCUT2D eigenvalue weighted by molar-refractivity contribution is 7.00. The molecular formula is C8H24OSi3. The van der Waals surface area contributed by atoms with Gasteiger partial charge in [-0.2, -0.15) is 0 Å². The minimum absolute atomic E-state index is 0.0352. The summed E-state index contributed by atoms with van der Waals surface area (Å²) in [6.45, 7) is 11.5. The molecule has 0 aliphatic heterocycles. The standard InChI is InChI=1S/C8H24OSi3/c1-8(2)6-7-10-11-9-12(3,4)5/h8H,6-7,10-11H2,1-5H3. The first kappa shape index (κ1) is 12.6. The Morgan fingerprint density at radius 2 is 1.83 bits per heavy atom. The normalized spacial score (nSPS) is 14.5. The smallest absolute Gasteiger partial charge is 0.169 e. The Labute approximate surface area is 83.0 Å². The maximum absolute atomic E-state index is 5.95. The molecule has 0 heterocycles. The van der Waals surface area contributed by atoms with E-state index in [1.807, 2.05) is 0 Å². The zero-order chi connectivity index (χ0) is 9.61. The summed E-state index contributed by atoms with van der Waals surface area (Å²) in [6, 6.07) is 1.52. The van der Waals surface area contributed by atoms with Gasteiger partial charge in [0.1, 0.15) is 9.28 Å². The Bertz CT molecular complexity index is 109. The van der Waals surface area contributed by atoms with Gasteiger partial charge in [0.25, 0.3) is 0 Å². The van der Waals surface area contributed by atoms with E-state index in [0.717, 1.165) is 5.92 Å². The van der Waals surface area contributed by atoms with Gasteiger partial charge in [0, 0.05) is 9.04 Å². The molecule has 0 N–H and O–H groups in total. The van der Waals surface area contributed by atoms with Crippen molar-refractivity contribution in [3.63, 3.8) is 0 Å². The quantitative estimate of drug-likeness (QED) is 0.487. The van der Waals surface area contributed by atoms with Crippen molar-refractivity contribution in [1.82, 2.24) is 0 Å². The zero-order valence-corrected chi connectivity index (χ0v) is 13.1. The fourth-order valence-corrected chi connectivity index (χ4v) is 13.7. The summed E-state index contributed by atoms with van der Waals surface area (Å²) in [7, 11) is -0.933. The molecule has 0 aliphatic rings. The Balaban J connectivity index is 3.12. The van der Waals surface area contributed by atoms with Gasteiger partial charge in [0.05, 0.1) is 0 Å². The first-order valence-corrected chi connectivity index (χ1v) is 14.0. The molecule has 0 unspecified atom stereocenters. The van der Waals surface area contributed by atoms with Crippen molar-refractivity contribution < 1.29 is 4.12 Å². The van der Waals surface area contributed by atoms with Crippen LogP contribution >= 0.6 is 0 Å². The summed E-state index contributed by atoms with van der Waals surface area (Å²) >= 11 is 0. The highest BCUT2D eigenvalue weighted by Gasteiger charge is 2.12. The van der Waals surface area contributed by atoms with Gasteiger partial charge in [-0.25, -0.2) is 0 Å². The SMILES string of the molecule is CC(C)CC[SiH2][SiH2]O[Si](C)(C)C. The van der Waals surface area contributed by atoms with Gasteiger partial charge in [-0.3, -0.25) is 0 Å². The van der Waals surface area contributed by atoms with E-state index < -0.39 is 8.32 Å². The molecule has 0 aromatic heterocycles. The van der Waals surface area contributed by atoms with E-state index in [1.165, 1.54) is 12.5 Å². The maximum Gasteiger partial charge on any atom is 0.169 e. The van der Waals surface area contributed by atoms with Gasteiger partial charge in [-0.05, 0) is 25.6 Å². The van der Waals surface area contributed by atoms with Gasteiger partial charge >= 0.3 is 0 Å². The van der Waals surface area contributed by atoms with Gasteiger partial charge in [0.15, 0.2) is 8.32 Å². The van der Waals surface area contributed by atoms with Gasteiger partial charge in [-0.15, -0.1) is 0 Å². The second kappa shape index (κ2) is 6.12. The number of hydrogen-bond acceptors (Lipinski definition) is 1. The van der Waals surface area contributed by atoms with E-state index in [4.69, 9.17) is 4.12 Å². The minimum atomic E-state index is -1.14. The van der Waals surface area contributed by atoms with Crippen LogP contribution in [-0.4, -0.2) is 26.6 Å². The van der Waals surface area contributed by atoms with Crippen molar-refractivity contribution in [2.75, 3.05) is 0 Å². The molecule has 0 rings (SSSR count). The third-order valence-electron chi connectivity index (χ3n) is 1.71. The van der Waals surface area contributed by atoms with E-state index in [1.54, 1.807) is 0 Å². The molecule has 0 aromatic carbocycles. The molecule has 0 saturated heterocycles. The summed E-state index contributed by atoms with van der Waals surface area (Å²) in [5.41, 5.74) is 0. The van der Waals surface area contributed by atoms with Gasteiger partial charge in [-0.1, -0.05) is 26.3 Å². The van der Waals surface area contributed by atoms with Crippen LogP contribution < -0.4 is 0 Å². The average Bonchev–Trinajstić information content (AvgIpc) is 1.83. The Morgan fingerprint density at radius 3 is 2.25 bits per heavy atom. The lowest BCUT2D eigenvalue weighted by Gasteiger charge is -2.17. The van der Waals surface area contributed by atoms with Crippen LogP contribution in [0.15, 0.2) is 0 Å². The molecule has 4 heteroatoms. The molecule has 0 spiro atoms. The third-order valence-corrected chi connectivity index (χ3v) is 11.4. The van der Waals surface area contributed by atoms with Gasteiger partial charge in [0.2, 0.25) is 0 Å². The third kappa shape index (κ3) is 10.6. The molecule has 12 heavy (non-hydrogen) atoms. The fraction of sp³-hybridized carbons (Fsp3) is 1.00. The molecule has 0 atom stereocenters. The highest BCUT2D eigenvalue weighted by atomic mass is 29.2. The van der Waals surface area contributed by atoms with Crippen molar-refractivity contribution >= 4 is 26.6 Å². The first-order valence-electron chi connectivity index (χ1n) is 5.06. The molecule has 0 saturated carbocycles. The molecule has 0 fully saturated rings. The average molecular weight is 221 g/mol. The second-order valence-corrected chi connectivity index (χ2v) is 15.4. The topological polar surface area (TPSA) is 9.23 Å². The minimum Gasteiger partial charge on any atom is -0.464 e. The monoisotopic (exact) mass is 220 g/mol. The first-order chi connectivity index (χ1) is 5.42. The summed E-state index contributed by atoms with van der Waals surface area (Å²) in [4.78, 5) is 0. The summed E-state index contributed by atoms with van der Waals surface area (Å²) in [5, 5.41) is 0. The van der Waals surface area contributed by atoms with Crippen molar-refractivity contribution in [3.05, 3.63) is 0 Å². The number of hydrogen-bond donors (Lipinski definition) is 0. The van der Waals surface area contributed by atoms with Crippen LogP contribution in [0.3, 0.4) is 0 Å². The van der Waals surface area contributed by atoms with Crippen LogP contribution in [0.4, 0.5) is 0 Å². The maximum atomic E-state index is 5.95. The largest absolute Gasteiger partial charge is 0.464 e. The molecule has 1 nitrogen and oxygen atoms in total. The van der Waals surface area contributed by atoms with Crippen LogP contribution in [0.1, 0.15) is 20.3 Å². The van der Waals surface area contributed by atoms with Crippen molar-refractivity contribution in [1.29, 1.82) is 0 Å². The Morgan fingerprint density at radius 1 is 1.25 bits per heavy atom. The summed E-state index contributed by atoms with van der Waals surface area (Å²) < 4.78 is 5.95. The lowest BCUT2D eigenvalue weighted by molar-refractivity contribution is 0.608. The number of rotatable bonds is 6. The Hall–Kier alpha value is 0.611. The van der Waals surface area contributed by atoms with Gasteiger partial charge < -0.3 is 4.12 Å². The second-order valence-electron chi connectivity index (χ2n) is 4.85. The highest BCUT2D eigenvalue weighted by Crippen LogP contribution is 2.04. The van der Waals surface area contributed by atoms with E-state index in [9.17, 15) is 0 Å². The van der Waals surface area contributed by atoms with Crippen LogP contribution in [-0.2, 0) is 4.12 Å². The van der Waals surface area contributed by atoms with E-state index >= 15 is 0 Å². The van der Waals surface area contributed by atoms with Crippen molar-refractivity contribution in [2.24, 2.45) is 5.92 Å². The molecule has 74 valence electrons. The molecule has 0 radical (unpaired) electrons. The van der Waals surface area contributed by atoms with Crippen LogP contribution in [0, 0.1) is 5.92 Å². The molecule has 0 aromatic rings. The lowest BCUT2D eigenvalue weighted by atomic mass is 10.2. The van der Waals surface area contributed by atoms with Crippen LogP contribution in [0.5, 0.6) is 0 Å². The predicted molar refractivity (Wildman–Crippen MR) is 65.8 cm³/mol. The Kier molecular flexibility index (Phi) is 6.44. The van der Waals surface area contributed by atoms with Crippen molar-refractivity contribution in [2.45, 2.75) is 46.0 Å². The summed E-state index contributed by atoms with van der Waals surface area (Å²) in [5.74, 6) is 0.901. The van der Waals surface area contributed by atoms with Crippen molar-refractivity contribution in [3.8, 4) is 0 Å². The predicted octanol–water partition coefficient (Wildman–Crippen LogP) is 1.47. The molecule has 0 bridgehead atoms. The van der Waals surface area contributed by atoms with E-state index in [0.29, 0.717) is 0 Å². The van der Waals surface area contributed by atoms with Crippen LogP contribution in [0.2, 0.25) is 25.7 Å². The van der Waals surface area contributed by atoms with E-state index in [-0.39, 0.29) is 18.3 Å². The molecule has 0 aliphatic carbocycles. The summed E-state index contributed by atoms with van der Waals surface area (Å²) in [6.07, 6.45) is 1.44. The zero-order valence-electron chi connectivity index (χ0n) is 9.31. The fourth-order valence-electron chi connectivity index (χ4n) is 1.03. The van der Waals surface area contributed by atoms with E-state index in [2.05, 4.69) is 33.5 Å². The molecular weight excluding hydrogens is 196 g/mol.